The third-order valence-corrected chi connectivity index (χ3v) is 3.69. The molecule has 0 aliphatic carbocycles. The van der Waals surface area contributed by atoms with E-state index in [9.17, 15) is 18.0 Å². The number of benzene rings is 1. The molecule has 0 spiro atoms. The topological polar surface area (TPSA) is 82.8 Å². The highest BCUT2D eigenvalue weighted by atomic mass is 19.4. The number of fused-ring (bicyclic) bond motifs is 1. The molecule has 0 radical (unpaired) electrons. The maximum Gasteiger partial charge on any atom is 0.433 e. The number of methoxy groups -OCH3 is 1. The number of anilines is 1. The lowest BCUT2D eigenvalue weighted by Gasteiger charge is -2.09. The van der Waals surface area contributed by atoms with E-state index in [0.29, 0.717) is 24.8 Å². The number of nitrogens with one attached hydrogen (secondary N) is 3. The number of alkyl halides is 3. The average molecular weight is 352 g/mol. The number of aromatic amines is 2. The van der Waals surface area contributed by atoms with Crippen LogP contribution < -0.4 is 15.6 Å². The van der Waals surface area contributed by atoms with E-state index in [0.717, 1.165) is 16.5 Å². The van der Waals surface area contributed by atoms with Gasteiger partial charge in [-0.15, -0.1) is 0 Å². The lowest BCUT2D eigenvalue weighted by atomic mass is 10.1. The molecular formula is C16H15F3N4O2. The van der Waals surface area contributed by atoms with Gasteiger partial charge in [-0.25, -0.2) is 4.98 Å². The Morgan fingerprint density at radius 1 is 1.28 bits per heavy atom. The number of halogens is 3. The number of rotatable bonds is 5. The molecular weight excluding hydrogens is 337 g/mol. The first-order valence-corrected chi connectivity index (χ1v) is 7.43. The number of hydrogen-bond donors (Lipinski definition) is 3. The normalized spacial score (nSPS) is 11.7. The predicted octanol–water partition coefficient (Wildman–Crippen LogP) is 2.93. The summed E-state index contributed by atoms with van der Waals surface area (Å²) in [6.45, 7) is 0.300. The monoisotopic (exact) mass is 352 g/mol. The summed E-state index contributed by atoms with van der Waals surface area (Å²) in [5.41, 5.74) is -0.186. The maximum absolute atomic E-state index is 12.7. The second kappa shape index (κ2) is 6.50. The first-order chi connectivity index (χ1) is 11.9. The molecule has 0 fully saturated rings. The number of H-pyrrole nitrogens is 2. The minimum Gasteiger partial charge on any atom is -0.497 e. The molecule has 25 heavy (non-hydrogen) atoms. The Labute approximate surface area is 140 Å². The number of ether oxygens (including phenoxy) is 1. The summed E-state index contributed by atoms with van der Waals surface area (Å²) in [5.74, 6) is 0.502. The molecule has 6 nitrogen and oxygen atoms in total. The third-order valence-electron chi connectivity index (χ3n) is 3.69. The van der Waals surface area contributed by atoms with Gasteiger partial charge >= 0.3 is 6.18 Å². The zero-order valence-electron chi connectivity index (χ0n) is 13.2. The van der Waals surface area contributed by atoms with Crippen molar-refractivity contribution in [2.45, 2.75) is 12.6 Å². The van der Waals surface area contributed by atoms with Crippen LogP contribution in [0.2, 0.25) is 0 Å². The Hall–Kier alpha value is -2.97. The molecule has 0 aliphatic heterocycles. The van der Waals surface area contributed by atoms with E-state index in [-0.39, 0.29) is 5.95 Å². The lowest BCUT2D eigenvalue weighted by Crippen LogP contribution is -2.19. The van der Waals surface area contributed by atoms with Crippen LogP contribution in [-0.4, -0.2) is 28.6 Å². The van der Waals surface area contributed by atoms with Crippen molar-refractivity contribution in [1.82, 2.24) is 15.0 Å². The average Bonchev–Trinajstić information content (AvgIpc) is 2.96. The molecule has 2 heterocycles. The highest BCUT2D eigenvalue weighted by molar-refractivity contribution is 5.84. The summed E-state index contributed by atoms with van der Waals surface area (Å²) < 4.78 is 43.2. The highest BCUT2D eigenvalue weighted by Gasteiger charge is 2.33. The van der Waals surface area contributed by atoms with E-state index in [4.69, 9.17) is 4.74 Å². The van der Waals surface area contributed by atoms with Crippen LogP contribution in [0.4, 0.5) is 19.1 Å². The maximum atomic E-state index is 12.7. The molecule has 9 heteroatoms. The SMILES string of the molecule is COc1ccc2[nH]cc(CCNc3nc(C(F)(F)F)cc(=O)[nH]3)c2c1. The molecule has 0 saturated heterocycles. The molecule has 0 saturated carbocycles. The van der Waals surface area contributed by atoms with Crippen molar-refractivity contribution in [2.24, 2.45) is 0 Å². The van der Waals surface area contributed by atoms with Crippen LogP contribution in [0.3, 0.4) is 0 Å². The zero-order chi connectivity index (χ0) is 18.0. The molecule has 0 bridgehead atoms. The van der Waals surface area contributed by atoms with Gasteiger partial charge < -0.3 is 15.0 Å². The van der Waals surface area contributed by atoms with E-state index in [1.165, 1.54) is 0 Å². The van der Waals surface area contributed by atoms with Crippen LogP contribution in [-0.2, 0) is 12.6 Å². The third kappa shape index (κ3) is 3.76. The van der Waals surface area contributed by atoms with Gasteiger partial charge in [-0.05, 0) is 30.2 Å². The fourth-order valence-electron chi connectivity index (χ4n) is 2.49. The van der Waals surface area contributed by atoms with Crippen molar-refractivity contribution < 1.29 is 17.9 Å². The minimum atomic E-state index is -4.67. The fraction of sp³-hybridized carbons (Fsp3) is 0.250. The first kappa shape index (κ1) is 16.9. The molecule has 1 aromatic carbocycles. The number of hydrogen-bond acceptors (Lipinski definition) is 4. The van der Waals surface area contributed by atoms with Crippen molar-refractivity contribution in [1.29, 1.82) is 0 Å². The van der Waals surface area contributed by atoms with Gasteiger partial charge in [-0.2, -0.15) is 13.2 Å². The summed E-state index contributed by atoms with van der Waals surface area (Å²) >= 11 is 0. The Kier molecular flexibility index (Phi) is 4.39. The van der Waals surface area contributed by atoms with E-state index < -0.39 is 17.4 Å². The Morgan fingerprint density at radius 2 is 2.08 bits per heavy atom. The van der Waals surface area contributed by atoms with Crippen LogP contribution in [0.25, 0.3) is 10.9 Å². The smallest absolute Gasteiger partial charge is 0.433 e. The van der Waals surface area contributed by atoms with Crippen molar-refractivity contribution in [3.05, 3.63) is 52.1 Å². The minimum absolute atomic E-state index is 0.211. The van der Waals surface area contributed by atoms with Gasteiger partial charge in [-0.3, -0.25) is 9.78 Å². The van der Waals surface area contributed by atoms with Crippen LogP contribution >= 0.6 is 0 Å². The Balaban J connectivity index is 1.73. The Morgan fingerprint density at radius 3 is 2.80 bits per heavy atom. The van der Waals surface area contributed by atoms with E-state index in [1.807, 2.05) is 24.4 Å². The highest BCUT2D eigenvalue weighted by Crippen LogP contribution is 2.27. The number of aromatic nitrogens is 3. The van der Waals surface area contributed by atoms with Crippen LogP contribution in [0.1, 0.15) is 11.3 Å². The quantitative estimate of drug-likeness (QED) is 0.659. The van der Waals surface area contributed by atoms with Gasteiger partial charge in [0.2, 0.25) is 5.95 Å². The van der Waals surface area contributed by atoms with Crippen molar-refractivity contribution in [3.63, 3.8) is 0 Å². The second-order valence-electron chi connectivity index (χ2n) is 5.38. The van der Waals surface area contributed by atoms with Gasteiger partial charge in [0.1, 0.15) is 5.75 Å². The fourth-order valence-corrected chi connectivity index (χ4v) is 2.49. The van der Waals surface area contributed by atoms with Crippen molar-refractivity contribution in [2.75, 3.05) is 19.0 Å². The van der Waals surface area contributed by atoms with Gasteiger partial charge in [0.25, 0.3) is 5.56 Å². The van der Waals surface area contributed by atoms with Crippen LogP contribution in [0.15, 0.2) is 35.3 Å². The largest absolute Gasteiger partial charge is 0.497 e. The van der Waals surface area contributed by atoms with Crippen molar-refractivity contribution >= 4 is 16.9 Å². The molecule has 3 N–H and O–H groups in total. The zero-order valence-corrected chi connectivity index (χ0v) is 13.2. The molecule has 0 amide bonds. The number of nitrogens with zero attached hydrogens (tertiary/aromatic N) is 1. The van der Waals surface area contributed by atoms with E-state index >= 15 is 0 Å². The molecule has 132 valence electrons. The van der Waals surface area contributed by atoms with Gasteiger partial charge in [0, 0.05) is 29.7 Å². The Bertz CT molecular complexity index is 946. The molecule has 0 unspecified atom stereocenters. The summed E-state index contributed by atoms with van der Waals surface area (Å²) in [6, 6.07) is 6.03. The van der Waals surface area contributed by atoms with Gasteiger partial charge in [0.15, 0.2) is 5.69 Å². The lowest BCUT2D eigenvalue weighted by molar-refractivity contribution is -0.141. The molecule has 2 aromatic heterocycles. The summed E-state index contributed by atoms with van der Waals surface area (Å²) in [4.78, 5) is 20.1. The van der Waals surface area contributed by atoms with Gasteiger partial charge in [0.05, 0.1) is 7.11 Å². The molecule has 0 aliphatic rings. The molecule has 3 aromatic rings. The summed E-state index contributed by atoms with van der Waals surface area (Å²) in [7, 11) is 1.57. The predicted molar refractivity (Wildman–Crippen MR) is 86.9 cm³/mol. The van der Waals surface area contributed by atoms with E-state index in [1.54, 1.807) is 7.11 Å². The van der Waals surface area contributed by atoms with Crippen molar-refractivity contribution in [3.8, 4) is 5.75 Å². The molecule has 0 atom stereocenters. The van der Waals surface area contributed by atoms with E-state index in [2.05, 4.69) is 20.3 Å². The van der Waals surface area contributed by atoms with Gasteiger partial charge in [-0.1, -0.05) is 0 Å². The summed E-state index contributed by atoms with van der Waals surface area (Å²) in [6.07, 6.45) is -2.32. The molecule has 3 rings (SSSR count). The van der Waals surface area contributed by atoms with Crippen LogP contribution in [0, 0.1) is 0 Å². The van der Waals surface area contributed by atoms with Crippen LogP contribution in [0.5, 0.6) is 5.75 Å². The summed E-state index contributed by atoms with van der Waals surface area (Å²) in [5, 5.41) is 3.68. The first-order valence-electron chi connectivity index (χ1n) is 7.43. The standard InChI is InChI=1S/C16H15F3N4O2/c1-25-10-2-3-12-11(6-10)9(8-21-12)4-5-20-15-22-13(16(17,18)19)7-14(24)23-15/h2-3,6-8,21H,4-5H2,1H3,(H2,20,22,23,24). The second-order valence-corrected chi connectivity index (χ2v) is 5.38.